The van der Waals surface area contributed by atoms with Gasteiger partial charge in [0.25, 0.3) is 0 Å². The highest BCUT2D eigenvalue weighted by Crippen LogP contribution is 2.21. The van der Waals surface area contributed by atoms with E-state index < -0.39 is 0 Å². The number of aromatic nitrogens is 4. The second kappa shape index (κ2) is 6.23. The highest BCUT2D eigenvalue weighted by atomic mass is 16.5. The molecule has 7 heteroatoms. The summed E-state index contributed by atoms with van der Waals surface area (Å²) in [6, 6.07) is 1.92. The molecule has 0 aliphatic carbocycles. The fourth-order valence-corrected chi connectivity index (χ4v) is 2.60. The third-order valence-electron chi connectivity index (χ3n) is 3.61. The summed E-state index contributed by atoms with van der Waals surface area (Å²) in [6.45, 7) is 5.73. The lowest BCUT2D eigenvalue weighted by Gasteiger charge is -2.33. The van der Waals surface area contributed by atoms with Gasteiger partial charge in [0.1, 0.15) is 18.5 Å². The van der Waals surface area contributed by atoms with Gasteiger partial charge in [0.2, 0.25) is 5.91 Å². The molecule has 1 atom stereocenters. The second-order valence-corrected chi connectivity index (χ2v) is 5.42. The van der Waals surface area contributed by atoms with Gasteiger partial charge in [-0.1, -0.05) is 0 Å². The highest BCUT2D eigenvalue weighted by Gasteiger charge is 2.26. The molecule has 1 amide bonds. The molecule has 0 aromatic carbocycles. The van der Waals surface area contributed by atoms with Crippen LogP contribution >= 0.6 is 0 Å². The molecule has 3 heterocycles. The number of imidazole rings is 1. The monoisotopic (exact) mass is 301 g/mol. The quantitative estimate of drug-likeness (QED) is 0.842. The van der Waals surface area contributed by atoms with Gasteiger partial charge in [0, 0.05) is 24.6 Å². The highest BCUT2D eigenvalue weighted by molar-refractivity contribution is 5.76. The van der Waals surface area contributed by atoms with E-state index in [1.165, 1.54) is 0 Å². The number of hydrogen-bond acceptors (Lipinski definition) is 5. The lowest BCUT2D eigenvalue weighted by Crippen LogP contribution is -2.43. The predicted octanol–water partition coefficient (Wildman–Crippen LogP) is 0.890. The molecule has 0 spiro atoms. The molecule has 2 aromatic heterocycles. The first-order valence-electron chi connectivity index (χ1n) is 7.29. The van der Waals surface area contributed by atoms with Crippen molar-refractivity contribution in [3.8, 4) is 0 Å². The van der Waals surface area contributed by atoms with Gasteiger partial charge >= 0.3 is 0 Å². The summed E-state index contributed by atoms with van der Waals surface area (Å²) < 4.78 is 7.56. The first-order chi connectivity index (χ1) is 10.6. The smallest absolute Gasteiger partial charge is 0.242 e. The van der Waals surface area contributed by atoms with Crippen molar-refractivity contribution in [3.63, 3.8) is 0 Å². The Hall–Kier alpha value is -2.28. The van der Waals surface area contributed by atoms with Crippen LogP contribution in [0.5, 0.6) is 0 Å². The van der Waals surface area contributed by atoms with Crippen LogP contribution in [0.1, 0.15) is 23.3 Å². The number of nitrogens with zero attached hydrogens (tertiary/aromatic N) is 5. The topological polar surface area (TPSA) is 73.1 Å². The number of carbonyl (C=O) groups excluding carboxylic acids is 1. The van der Waals surface area contributed by atoms with Crippen LogP contribution in [-0.2, 0) is 16.1 Å². The van der Waals surface area contributed by atoms with Crippen LogP contribution < -0.4 is 0 Å². The molecule has 22 heavy (non-hydrogen) atoms. The lowest BCUT2D eigenvalue weighted by atomic mass is 10.1. The van der Waals surface area contributed by atoms with Crippen LogP contribution in [0.25, 0.3) is 0 Å². The molecule has 116 valence electrons. The van der Waals surface area contributed by atoms with Crippen LogP contribution in [0, 0.1) is 13.8 Å². The van der Waals surface area contributed by atoms with Gasteiger partial charge in [-0.2, -0.15) is 0 Å². The average molecular weight is 301 g/mol. The van der Waals surface area contributed by atoms with Crippen LogP contribution in [0.4, 0.5) is 0 Å². The number of ether oxygens (including phenoxy) is 1. The van der Waals surface area contributed by atoms with Gasteiger partial charge in [0.05, 0.1) is 25.2 Å². The summed E-state index contributed by atoms with van der Waals surface area (Å²) in [6.07, 6.45) is 4.91. The molecular formula is C15H19N5O2. The number of rotatable bonds is 3. The molecular weight excluding hydrogens is 282 g/mol. The Kier molecular flexibility index (Phi) is 4.15. The van der Waals surface area contributed by atoms with Crippen LogP contribution in [0.15, 0.2) is 24.8 Å². The van der Waals surface area contributed by atoms with Crippen LogP contribution in [0.2, 0.25) is 0 Å². The largest absolute Gasteiger partial charge is 0.368 e. The van der Waals surface area contributed by atoms with Gasteiger partial charge in [-0.15, -0.1) is 0 Å². The van der Waals surface area contributed by atoms with E-state index >= 15 is 0 Å². The fraction of sp³-hybridized carbons (Fsp3) is 0.467. The van der Waals surface area contributed by atoms with E-state index in [4.69, 9.17) is 4.74 Å². The molecule has 1 aliphatic rings. The summed E-state index contributed by atoms with van der Waals surface area (Å²) in [4.78, 5) is 26.9. The van der Waals surface area contributed by atoms with E-state index in [9.17, 15) is 4.79 Å². The van der Waals surface area contributed by atoms with E-state index in [0.717, 1.165) is 17.2 Å². The molecule has 1 saturated heterocycles. The summed E-state index contributed by atoms with van der Waals surface area (Å²) in [5, 5.41) is 0. The van der Waals surface area contributed by atoms with Gasteiger partial charge < -0.3 is 14.2 Å². The fourth-order valence-electron chi connectivity index (χ4n) is 2.60. The Morgan fingerprint density at radius 3 is 3.00 bits per heavy atom. The molecule has 0 bridgehead atoms. The molecule has 0 unspecified atom stereocenters. The zero-order chi connectivity index (χ0) is 15.5. The summed E-state index contributed by atoms with van der Waals surface area (Å²) in [5.74, 6) is 0.786. The van der Waals surface area contributed by atoms with E-state index in [-0.39, 0.29) is 12.0 Å². The molecule has 0 saturated carbocycles. The first-order valence-corrected chi connectivity index (χ1v) is 7.29. The zero-order valence-corrected chi connectivity index (χ0v) is 12.8. The maximum Gasteiger partial charge on any atom is 0.242 e. The summed E-state index contributed by atoms with van der Waals surface area (Å²) in [7, 11) is 0. The predicted molar refractivity (Wildman–Crippen MR) is 79.0 cm³/mol. The molecule has 2 aromatic rings. The summed E-state index contributed by atoms with van der Waals surface area (Å²) >= 11 is 0. The second-order valence-electron chi connectivity index (χ2n) is 5.42. The Morgan fingerprint density at radius 1 is 1.41 bits per heavy atom. The molecule has 1 aliphatic heterocycles. The standard InChI is InChI=1S/C15H19N5O2/c1-11-7-13(18-12(2)17-11)14-8-20(5-6-22-14)15(21)9-19-4-3-16-10-19/h3-4,7,10,14H,5-6,8-9H2,1-2H3/t14-/m0/s1. The van der Waals surface area contributed by atoms with Crippen molar-refractivity contribution in [1.29, 1.82) is 0 Å². The van der Waals surface area contributed by atoms with Crippen molar-refractivity contribution in [1.82, 2.24) is 24.4 Å². The van der Waals surface area contributed by atoms with E-state index in [1.807, 2.05) is 24.8 Å². The van der Waals surface area contributed by atoms with Crippen LogP contribution in [0.3, 0.4) is 0 Å². The number of carbonyl (C=O) groups is 1. The Balaban J connectivity index is 1.69. The Labute approximate surface area is 129 Å². The number of morpholine rings is 1. The van der Waals surface area contributed by atoms with Gasteiger partial charge in [0.15, 0.2) is 0 Å². The summed E-state index contributed by atoms with van der Waals surface area (Å²) in [5.41, 5.74) is 1.75. The molecule has 1 fully saturated rings. The third kappa shape index (κ3) is 3.30. The van der Waals surface area contributed by atoms with Crippen molar-refractivity contribution in [2.24, 2.45) is 0 Å². The maximum absolute atomic E-state index is 12.4. The third-order valence-corrected chi connectivity index (χ3v) is 3.61. The van der Waals surface area contributed by atoms with Crippen molar-refractivity contribution >= 4 is 5.91 Å². The minimum atomic E-state index is -0.194. The normalized spacial score (nSPS) is 18.5. The van der Waals surface area contributed by atoms with Crippen LogP contribution in [-0.4, -0.2) is 50.0 Å². The molecule has 3 rings (SSSR count). The van der Waals surface area contributed by atoms with Gasteiger partial charge in [-0.3, -0.25) is 4.79 Å². The Bertz CT molecular complexity index is 636. The van der Waals surface area contributed by atoms with E-state index in [0.29, 0.717) is 26.2 Å². The van der Waals surface area contributed by atoms with Crippen molar-refractivity contribution in [2.75, 3.05) is 19.7 Å². The van der Waals surface area contributed by atoms with Gasteiger partial charge in [-0.25, -0.2) is 15.0 Å². The lowest BCUT2D eigenvalue weighted by molar-refractivity contribution is -0.139. The number of amides is 1. The minimum Gasteiger partial charge on any atom is -0.368 e. The minimum absolute atomic E-state index is 0.0637. The van der Waals surface area contributed by atoms with Crippen molar-refractivity contribution in [2.45, 2.75) is 26.5 Å². The average Bonchev–Trinajstić information content (AvgIpc) is 2.99. The number of aryl methyl sites for hydroxylation is 2. The molecule has 0 radical (unpaired) electrons. The van der Waals surface area contributed by atoms with Crippen molar-refractivity contribution in [3.05, 3.63) is 42.0 Å². The number of hydrogen-bond donors (Lipinski definition) is 0. The molecule has 0 N–H and O–H groups in total. The zero-order valence-electron chi connectivity index (χ0n) is 12.8. The SMILES string of the molecule is Cc1cc([C@@H]2CN(C(=O)Cn3ccnc3)CCO2)nc(C)n1. The molecule has 7 nitrogen and oxygen atoms in total. The van der Waals surface area contributed by atoms with E-state index in [1.54, 1.807) is 23.3 Å². The Morgan fingerprint density at radius 2 is 2.27 bits per heavy atom. The first kappa shape index (κ1) is 14.6. The maximum atomic E-state index is 12.4. The van der Waals surface area contributed by atoms with E-state index in [2.05, 4.69) is 15.0 Å². The van der Waals surface area contributed by atoms with Gasteiger partial charge in [-0.05, 0) is 19.9 Å². The van der Waals surface area contributed by atoms with Crippen molar-refractivity contribution < 1.29 is 9.53 Å².